The molecule has 1 saturated heterocycles. The zero-order valence-corrected chi connectivity index (χ0v) is 14.0. The molecule has 1 fully saturated rings. The summed E-state index contributed by atoms with van der Waals surface area (Å²) in [7, 11) is 0. The summed E-state index contributed by atoms with van der Waals surface area (Å²) in [5.74, 6) is 1.82. The largest absolute Gasteiger partial charge is 0.342 e. The van der Waals surface area contributed by atoms with E-state index in [-0.39, 0.29) is 11.9 Å². The molecule has 0 radical (unpaired) electrons. The highest BCUT2D eigenvalue weighted by molar-refractivity contribution is 5.77. The van der Waals surface area contributed by atoms with Crippen molar-refractivity contribution in [3.63, 3.8) is 0 Å². The number of carbonyl (C=O) groups excluding carboxylic acids is 1. The number of carbonyl (C=O) groups is 1. The zero-order valence-electron chi connectivity index (χ0n) is 14.0. The van der Waals surface area contributed by atoms with Crippen LogP contribution in [0.3, 0.4) is 0 Å². The second kappa shape index (κ2) is 7.57. The van der Waals surface area contributed by atoms with Crippen LogP contribution in [0.2, 0.25) is 0 Å². The van der Waals surface area contributed by atoms with E-state index in [0.717, 1.165) is 43.7 Å². The Bertz CT molecular complexity index is 671. The molecule has 1 aromatic heterocycles. The first-order chi connectivity index (χ1) is 11.6. The molecule has 0 spiro atoms. The van der Waals surface area contributed by atoms with E-state index >= 15 is 0 Å². The van der Waals surface area contributed by atoms with E-state index < -0.39 is 0 Å². The summed E-state index contributed by atoms with van der Waals surface area (Å²) in [5.41, 5.74) is 7.19. The third kappa shape index (κ3) is 4.20. The molecule has 2 heterocycles. The van der Waals surface area contributed by atoms with E-state index in [2.05, 4.69) is 10.1 Å². The van der Waals surface area contributed by atoms with Gasteiger partial charge in [0.05, 0.1) is 0 Å². The molecule has 24 heavy (non-hydrogen) atoms. The fraction of sp³-hybridized carbons (Fsp3) is 0.500. The average Bonchev–Trinajstić information content (AvgIpc) is 3.00. The topological polar surface area (TPSA) is 85.2 Å². The van der Waals surface area contributed by atoms with E-state index in [9.17, 15) is 4.79 Å². The van der Waals surface area contributed by atoms with E-state index in [1.807, 2.05) is 35.2 Å². The van der Waals surface area contributed by atoms with Crippen LogP contribution in [0.4, 0.5) is 0 Å². The molecular formula is C18H24N4O2. The summed E-state index contributed by atoms with van der Waals surface area (Å²) in [5, 5.41) is 3.96. The second-order valence-electron chi connectivity index (χ2n) is 6.50. The van der Waals surface area contributed by atoms with Gasteiger partial charge in [-0.05, 0) is 24.3 Å². The monoisotopic (exact) mass is 328 g/mol. The number of rotatable bonds is 5. The molecular weight excluding hydrogens is 304 g/mol. The van der Waals surface area contributed by atoms with Gasteiger partial charge in [-0.2, -0.15) is 4.98 Å². The number of hydrogen-bond acceptors (Lipinski definition) is 5. The lowest BCUT2D eigenvalue weighted by molar-refractivity contribution is -0.133. The number of aryl methyl sites for hydroxylation is 1. The maximum atomic E-state index is 12.6. The van der Waals surface area contributed by atoms with Gasteiger partial charge in [0.15, 0.2) is 5.82 Å². The Hall–Kier alpha value is -2.21. The maximum Gasteiger partial charge on any atom is 0.224 e. The summed E-state index contributed by atoms with van der Waals surface area (Å²) >= 11 is 0. The van der Waals surface area contributed by atoms with Crippen LogP contribution in [0.1, 0.15) is 42.6 Å². The van der Waals surface area contributed by atoms with Gasteiger partial charge in [0, 0.05) is 38.9 Å². The van der Waals surface area contributed by atoms with Gasteiger partial charge in [-0.1, -0.05) is 35.5 Å². The van der Waals surface area contributed by atoms with Gasteiger partial charge in [0.1, 0.15) is 0 Å². The van der Waals surface area contributed by atoms with Gasteiger partial charge in [-0.3, -0.25) is 4.79 Å². The van der Waals surface area contributed by atoms with Crippen molar-refractivity contribution >= 4 is 5.91 Å². The Morgan fingerprint density at radius 3 is 2.92 bits per heavy atom. The number of likely N-dealkylation sites (tertiary alicyclic amines) is 1. The van der Waals surface area contributed by atoms with Gasteiger partial charge in [0.25, 0.3) is 0 Å². The number of nitrogens with zero attached hydrogens (tertiary/aromatic N) is 3. The van der Waals surface area contributed by atoms with Crippen molar-refractivity contribution in [3.05, 3.63) is 47.6 Å². The van der Waals surface area contributed by atoms with Gasteiger partial charge >= 0.3 is 0 Å². The van der Waals surface area contributed by atoms with Crippen molar-refractivity contribution in [1.82, 2.24) is 15.0 Å². The smallest absolute Gasteiger partial charge is 0.224 e. The van der Waals surface area contributed by atoms with Crippen molar-refractivity contribution in [2.75, 3.05) is 13.1 Å². The van der Waals surface area contributed by atoms with Gasteiger partial charge < -0.3 is 15.2 Å². The van der Waals surface area contributed by atoms with E-state index in [1.165, 1.54) is 0 Å². The molecule has 1 amide bonds. The van der Waals surface area contributed by atoms with Crippen LogP contribution in [0.15, 0.2) is 34.9 Å². The van der Waals surface area contributed by atoms with Crippen molar-refractivity contribution < 1.29 is 9.32 Å². The lowest BCUT2D eigenvalue weighted by atomic mass is 9.94. The minimum absolute atomic E-state index is 0.125. The molecule has 3 rings (SSSR count). The van der Waals surface area contributed by atoms with Crippen LogP contribution in [-0.2, 0) is 11.2 Å². The lowest BCUT2D eigenvalue weighted by Gasteiger charge is -2.33. The van der Waals surface area contributed by atoms with E-state index in [4.69, 9.17) is 10.3 Å². The number of hydrogen-bond donors (Lipinski definition) is 1. The summed E-state index contributed by atoms with van der Waals surface area (Å²) in [4.78, 5) is 18.8. The average molecular weight is 328 g/mol. The number of piperidine rings is 1. The highest BCUT2D eigenvalue weighted by Crippen LogP contribution is 2.22. The van der Waals surface area contributed by atoms with Crippen LogP contribution in [0.5, 0.6) is 0 Å². The van der Waals surface area contributed by atoms with Crippen molar-refractivity contribution in [2.24, 2.45) is 11.7 Å². The summed E-state index contributed by atoms with van der Waals surface area (Å²) in [6.07, 6.45) is 3.19. The third-order valence-corrected chi connectivity index (χ3v) is 4.53. The fourth-order valence-corrected chi connectivity index (χ4v) is 3.28. The summed E-state index contributed by atoms with van der Waals surface area (Å²) < 4.78 is 5.02. The first kappa shape index (κ1) is 16.6. The van der Waals surface area contributed by atoms with Crippen LogP contribution in [0, 0.1) is 12.8 Å². The standard InChI is InChI=1S/C18H24N4O2/c1-13-20-17(21-24-13)10-14-6-5-9-22(12-14)18(23)11-16(19)15-7-3-2-4-8-15/h2-4,7-8,14,16H,5-6,9-12,19H2,1H3. The van der Waals surface area contributed by atoms with Crippen LogP contribution in [-0.4, -0.2) is 34.0 Å². The molecule has 2 N–H and O–H groups in total. The number of benzene rings is 1. The molecule has 1 aromatic carbocycles. The highest BCUT2D eigenvalue weighted by atomic mass is 16.5. The molecule has 2 unspecified atom stereocenters. The SMILES string of the molecule is Cc1nc(CC2CCCN(C(=O)CC(N)c3ccccc3)C2)no1. The Morgan fingerprint density at radius 1 is 1.42 bits per heavy atom. The molecule has 6 heteroatoms. The Kier molecular flexibility index (Phi) is 5.25. The summed E-state index contributed by atoms with van der Waals surface area (Å²) in [6.45, 7) is 3.34. The first-order valence-electron chi connectivity index (χ1n) is 8.49. The molecule has 0 aliphatic carbocycles. The van der Waals surface area contributed by atoms with Gasteiger partial charge in [-0.15, -0.1) is 0 Å². The van der Waals surface area contributed by atoms with Crippen molar-refractivity contribution in [2.45, 2.75) is 38.6 Å². The van der Waals surface area contributed by atoms with E-state index in [1.54, 1.807) is 6.92 Å². The maximum absolute atomic E-state index is 12.6. The quantitative estimate of drug-likeness (QED) is 0.910. The van der Waals surface area contributed by atoms with Crippen molar-refractivity contribution in [1.29, 1.82) is 0 Å². The molecule has 1 aliphatic rings. The molecule has 0 bridgehead atoms. The third-order valence-electron chi connectivity index (χ3n) is 4.53. The molecule has 1 aliphatic heterocycles. The normalized spacial score (nSPS) is 19.2. The van der Waals surface area contributed by atoms with Crippen molar-refractivity contribution in [3.8, 4) is 0 Å². The zero-order chi connectivity index (χ0) is 16.9. The van der Waals surface area contributed by atoms with Crippen LogP contribution in [0.25, 0.3) is 0 Å². The van der Waals surface area contributed by atoms with E-state index in [0.29, 0.717) is 18.2 Å². The Morgan fingerprint density at radius 2 is 2.21 bits per heavy atom. The molecule has 128 valence electrons. The number of amides is 1. The Labute approximate surface area is 142 Å². The van der Waals surface area contributed by atoms with Gasteiger partial charge in [-0.25, -0.2) is 0 Å². The minimum Gasteiger partial charge on any atom is -0.342 e. The fourth-order valence-electron chi connectivity index (χ4n) is 3.28. The molecule has 0 saturated carbocycles. The predicted octanol–water partition coefficient (Wildman–Crippen LogP) is 2.25. The molecule has 2 aromatic rings. The van der Waals surface area contributed by atoms with Crippen LogP contribution >= 0.6 is 0 Å². The number of nitrogens with two attached hydrogens (primary N) is 1. The van der Waals surface area contributed by atoms with Crippen LogP contribution < -0.4 is 5.73 Å². The van der Waals surface area contributed by atoms with Gasteiger partial charge in [0.2, 0.25) is 11.8 Å². The predicted molar refractivity (Wildman–Crippen MR) is 90.0 cm³/mol. The second-order valence-corrected chi connectivity index (χ2v) is 6.50. The lowest BCUT2D eigenvalue weighted by Crippen LogP contribution is -2.41. The first-order valence-corrected chi connectivity index (χ1v) is 8.49. The Balaban J connectivity index is 1.55. The number of aromatic nitrogens is 2. The molecule has 6 nitrogen and oxygen atoms in total. The molecule has 2 atom stereocenters. The minimum atomic E-state index is -0.251. The highest BCUT2D eigenvalue weighted by Gasteiger charge is 2.26. The summed E-state index contributed by atoms with van der Waals surface area (Å²) in [6, 6.07) is 9.53.